The van der Waals surface area contributed by atoms with Crippen LogP contribution in [0.15, 0.2) is 59.5 Å². The van der Waals surface area contributed by atoms with Gasteiger partial charge >= 0.3 is 0 Å². The largest absolute Gasteiger partial charge is 0.322 e. The van der Waals surface area contributed by atoms with Gasteiger partial charge in [0.1, 0.15) is 5.82 Å². The highest BCUT2D eigenvalue weighted by Gasteiger charge is 2.19. The monoisotopic (exact) mass is 484 g/mol. The normalized spacial score (nSPS) is 11.3. The molecular weight excluding hydrogens is 460 g/mol. The van der Waals surface area contributed by atoms with Gasteiger partial charge in [-0.1, -0.05) is 12.1 Å². The van der Waals surface area contributed by atoms with Gasteiger partial charge in [0, 0.05) is 33.9 Å². The first-order chi connectivity index (χ1) is 16.8. The lowest BCUT2D eigenvalue weighted by molar-refractivity contribution is 0.102. The molecule has 0 saturated heterocycles. The molecule has 0 saturated carbocycles. The van der Waals surface area contributed by atoms with Crippen LogP contribution in [0.4, 0.5) is 5.69 Å². The van der Waals surface area contributed by atoms with Gasteiger partial charge in [-0.15, -0.1) is 11.3 Å². The van der Waals surface area contributed by atoms with Gasteiger partial charge in [-0.2, -0.15) is 5.10 Å². The molecule has 0 bridgehead atoms. The van der Waals surface area contributed by atoms with Crippen LogP contribution in [0.3, 0.4) is 0 Å². The van der Waals surface area contributed by atoms with E-state index in [4.69, 9.17) is 4.98 Å². The second-order valence-electron chi connectivity index (χ2n) is 8.66. The maximum absolute atomic E-state index is 13.5. The zero-order valence-electron chi connectivity index (χ0n) is 19.8. The number of hydrogen-bond acceptors (Lipinski definition) is 6. The van der Waals surface area contributed by atoms with Crippen molar-refractivity contribution in [2.75, 3.05) is 5.32 Å². The second-order valence-corrected chi connectivity index (χ2v) is 9.94. The molecule has 0 unspecified atom stereocenters. The fraction of sp³-hybridized carbons (Fsp3) is 0.192. The molecule has 176 valence electrons. The standard InChI is InChI=1S/C26H24N6O2S/c1-14(2)32-25-20(13-27-32)19(12-21(30-25)22-9-8-16(4)35-22)26(34)29-18-7-5-6-17(11-18)24-28-15(3)10-23(33)31-24/h5-14H,1-4H3,(H,29,34)(H,28,31,33). The number of carbonyl (C=O) groups excluding carboxylic acids is 1. The average Bonchev–Trinajstić information content (AvgIpc) is 3.44. The summed E-state index contributed by atoms with van der Waals surface area (Å²) < 4.78 is 1.83. The summed E-state index contributed by atoms with van der Waals surface area (Å²) in [4.78, 5) is 39.5. The minimum Gasteiger partial charge on any atom is -0.322 e. The number of aryl methyl sites for hydroxylation is 2. The number of benzene rings is 1. The Hall–Kier alpha value is -4.11. The van der Waals surface area contributed by atoms with Crippen molar-refractivity contribution < 1.29 is 4.79 Å². The number of carbonyl (C=O) groups is 1. The van der Waals surface area contributed by atoms with Crippen LogP contribution < -0.4 is 10.9 Å². The summed E-state index contributed by atoms with van der Waals surface area (Å²) in [6.45, 7) is 7.88. The molecule has 4 heterocycles. The molecule has 1 aromatic carbocycles. The Morgan fingerprint density at radius 3 is 2.63 bits per heavy atom. The highest BCUT2D eigenvalue weighted by molar-refractivity contribution is 7.15. The third-order valence-electron chi connectivity index (χ3n) is 5.56. The van der Waals surface area contributed by atoms with Crippen molar-refractivity contribution in [1.29, 1.82) is 0 Å². The van der Waals surface area contributed by atoms with E-state index in [9.17, 15) is 9.59 Å². The van der Waals surface area contributed by atoms with Crippen molar-refractivity contribution in [3.8, 4) is 22.0 Å². The maximum Gasteiger partial charge on any atom is 0.256 e. The molecule has 5 rings (SSSR count). The first-order valence-electron chi connectivity index (χ1n) is 11.2. The molecule has 0 aliphatic heterocycles. The topological polar surface area (TPSA) is 106 Å². The Kier molecular flexibility index (Phi) is 5.78. The van der Waals surface area contributed by atoms with E-state index < -0.39 is 0 Å². The number of fused-ring (bicyclic) bond motifs is 1. The Morgan fingerprint density at radius 2 is 1.91 bits per heavy atom. The summed E-state index contributed by atoms with van der Waals surface area (Å²) in [6.07, 6.45) is 1.69. The number of H-pyrrole nitrogens is 1. The van der Waals surface area contributed by atoms with Gasteiger partial charge in [-0.3, -0.25) is 9.59 Å². The van der Waals surface area contributed by atoms with Crippen molar-refractivity contribution in [3.05, 3.63) is 81.2 Å². The van der Waals surface area contributed by atoms with Crippen LogP contribution in [-0.4, -0.2) is 30.6 Å². The summed E-state index contributed by atoms with van der Waals surface area (Å²) in [5.74, 6) is 0.184. The lowest BCUT2D eigenvalue weighted by atomic mass is 10.1. The Morgan fingerprint density at radius 1 is 1.09 bits per heavy atom. The van der Waals surface area contributed by atoms with Gasteiger partial charge < -0.3 is 10.3 Å². The molecule has 8 nitrogen and oxygen atoms in total. The van der Waals surface area contributed by atoms with E-state index in [1.54, 1.807) is 36.6 Å². The van der Waals surface area contributed by atoms with Crippen LogP contribution in [0.5, 0.6) is 0 Å². The molecule has 2 N–H and O–H groups in total. The summed E-state index contributed by atoms with van der Waals surface area (Å²) in [6, 6.07) is 14.6. The highest BCUT2D eigenvalue weighted by Crippen LogP contribution is 2.31. The molecule has 4 aromatic heterocycles. The third kappa shape index (κ3) is 4.50. The molecule has 5 aromatic rings. The van der Waals surface area contributed by atoms with Gasteiger partial charge in [-0.05, 0) is 58.0 Å². The number of aromatic nitrogens is 5. The summed E-state index contributed by atoms with van der Waals surface area (Å²) in [7, 11) is 0. The predicted octanol–water partition coefficient (Wildman–Crippen LogP) is 5.36. The number of amides is 1. The van der Waals surface area contributed by atoms with Crippen molar-refractivity contribution in [2.45, 2.75) is 33.7 Å². The van der Waals surface area contributed by atoms with Crippen LogP contribution in [0.1, 0.15) is 40.8 Å². The molecule has 9 heteroatoms. The number of hydrogen-bond donors (Lipinski definition) is 2. The SMILES string of the molecule is Cc1cc(=O)[nH]c(-c2cccc(NC(=O)c3cc(-c4ccc(C)s4)nc4c3cnn4C(C)C)c2)n1. The molecule has 35 heavy (non-hydrogen) atoms. The third-order valence-corrected chi connectivity index (χ3v) is 6.58. The van der Waals surface area contributed by atoms with Gasteiger partial charge in [0.25, 0.3) is 11.5 Å². The lowest BCUT2D eigenvalue weighted by Crippen LogP contribution is -2.14. The highest BCUT2D eigenvalue weighted by atomic mass is 32.1. The average molecular weight is 485 g/mol. The number of thiophene rings is 1. The molecule has 0 aliphatic carbocycles. The van der Waals surface area contributed by atoms with Crippen LogP contribution in [0.25, 0.3) is 33.0 Å². The van der Waals surface area contributed by atoms with Gasteiger partial charge in [0.15, 0.2) is 5.65 Å². The first-order valence-corrected chi connectivity index (χ1v) is 12.0. The lowest BCUT2D eigenvalue weighted by Gasteiger charge is -2.11. The van der Waals surface area contributed by atoms with E-state index in [1.165, 1.54) is 10.9 Å². The van der Waals surface area contributed by atoms with E-state index in [-0.39, 0.29) is 17.5 Å². The quantitative estimate of drug-likeness (QED) is 0.349. The van der Waals surface area contributed by atoms with E-state index >= 15 is 0 Å². The first kappa shape index (κ1) is 22.7. The summed E-state index contributed by atoms with van der Waals surface area (Å²) >= 11 is 1.63. The predicted molar refractivity (Wildman–Crippen MR) is 139 cm³/mol. The van der Waals surface area contributed by atoms with E-state index in [0.717, 1.165) is 10.6 Å². The second kappa shape index (κ2) is 8.92. The molecule has 1 amide bonds. The molecular formula is C26H24N6O2S. The number of aromatic amines is 1. The minimum absolute atomic E-state index is 0.0944. The molecule has 0 atom stereocenters. The van der Waals surface area contributed by atoms with Crippen molar-refractivity contribution in [2.24, 2.45) is 0 Å². The smallest absolute Gasteiger partial charge is 0.256 e. The Labute approximate surface area is 205 Å². The molecule has 0 radical (unpaired) electrons. The van der Waals surface area contributed by atoms with Crippen LogP contribution in [0.2, 0.25) is 0 Å². The zero-order valence-corrected chi connectivity index (χ0v) is 20.6. The van der Waals surface area contributed by atoms with Crippen molar-refractivity contribution in [1.82, 2.24) is 24.7 Å². The van der Waals surface area contributed by atoms with Crippen molar-refractivity contribution in [3.63, 3.8) is 0 Å². The summed E-state index contributed by atoms with van der Waals surface area (Å²) in [5, 5.41) is 8.17. The van der Waals surface area contributed by atoms with Gasteiger partial charge in [-0.25, -0.2) is 14.6 Å². The maximum atomic E-state index is 13.5. The number of nitrogens with zero attached hydrogens (tertiary/aromatic N) is 4. The molecule has 0 spiro atoms. The van der Waals surface area contributed by atoms with E-state index in [2.05, 4.69) is 20.4 Å². The number of anilines is 1. The van der Waals surface area contributed by atoms with E-state index in [0.29, 0.717) is 39.4 Å². The summed E-state index contributed by atoms with van der Waals surface area (Å²) in [5.41, 5.74) is 3.59. The number of rotatable bonds is 5. The fourth-order valence-electron chi connectivity index (χ4n) is 3.94. The van der Waals surface area contributed by atoms with Gasteiger partial charge in [0.05, 0.1) is 27.7 Å². The molecule has 0 fully saturated rings. The van der Waals surface area contributed by atoms with Gasteiger partial charge in [0.2, 0.25) is 0 Å². The Bertz CT molecular complexity index is 1630. The molecule has 0 aliphatic rings. The van der Waals surface area contributed by atoms with Crippen LogP contribution in [-0.2, 0) is 0 Å². The number of nitrogens with one attached hydrogen (secondary N) is 2. The Balaban J connectivity index is 1.55. The van der Waals surface area contributed by atoms with Crippen molar-refractivity contribution >= 4 is 34.0 Å². The zero-order chi connectivity index (χ0) is 24.7. The van der Waals surface area contributed by atoms with Crippen LogP contribution in [0, 0.1) is 13.8 Å². The minimum atomic E-state index is -0.266. The fourth-order valence-corrected chi connectivity index (χ4v) is 4.77. The number of pyridine rings is 1. The van der Waals surface area contributed by atoms with Crippen LogP contribution >= 0.6 is 11.3 Å². The van der Waals surface area contributed by atoms with E-state index in [1.807, 2.05) is 55.8 Å².